The molecular weight excluding hydrogens is 235 g/mol. The molecule has 0 atom stereocenters. The Labute approximate surface area is 95.8 Å². The van der Waals surface area contributed by atoms with Crippen LogP contribution in [0.2, 0.25) is 0 Å². The first-order valence-corrected chi connectivity index (χ1v) is 5.67. The molecule has 1 aliphatic carbocycles. The molecule has 1 heterocycles. The van der Waals surface area contributed by atoms with Crippen molar-refractivity contribution in [1.82, 2.24) is 14.8 Å². The molecule has 1 saturated carbocycles. The van der Waals surface area contributed by atoms with E-state index in [0.717, 1.165) is 25.7 Å². The van der Waals surface area contributed by atoms with E-state index in [1.165, 1.54) is 0 Å². The van der Waals surface area contributed by atoms with Gasteiger partial charge in [0.25, 0.3) is 0 Å². The van der Waals surface area contributed by atoms with Crippen LogP contribution in [0.4, 0.5) is 13.2 Å². The van der Waals surface area contributed by atoms with E-state index in [9.17, 15) is 18.0 Å². The van der Waals surface area contributed by atoms with Crippen LogP contribution in [0.5, 0.6) is 0 Å². The number of nitrogens with zero attached hydrogens (tertiary/aromatic N) is 2. The van der Waals surface area contributed by atoms with Crippen LogP contribution in [0.25, 0.3) is 0 Å². The van der Waals surface area contributed by atoms with Crippen LogP contribution >= 0.6 is 0 Å². The van der Waals surface area contributed by atoms with Crippen molar-refractivity contribution in [2.75, 3.05) is 0 Å². The Kier molecular flexibility index (Phi) is 3.26. The van der Waals surface area contributed by atoms with Crippen LogP contribution in [0.3, 0.4) is 0 Å². The van der Waals surface area contributed by atoms with Gasteiger partial charge in [0.1, 0.15) is 12.4 Å². The topological polar surface area (TPSA) is 50.7 Å². The number of halogens is 3. The summed E-state index contributed by atoms with van der Waals surface area (Å²) in [6.07, 6.45) is 0.586. The molecule has 1 aromatic heterocycles. The summed E-state index contributed by atoms with van der Waals surface area (Å²) in [6.45, 7) is -1.33. The van der Waals surface area contributed by atoms with Crippen molar-refractivity contribution in [2.24, 2.45) is 5.92 Å². The van der Waals surface area contributed by atoms with Gasteiger partial charge in [0, 0.05) is 6.42 Å². The third-order valence-corrected chi connectivity index (χ3v) is 3.01. The minimum absolute atomic E-state index is 0.367. The molecule has 0 aromatic carbocycles. The van der Waals surface area contributed by atoms with Crippen LogP contribution < -0.4 is 5.69 Å². The number of aromatic nitrogens is 3. The second kappa shape index (κ2) is 4.54. The van der Waals surface area contributed by atoms with Crippen LogP contribution in [0, 0.1) is 5.92 Å². The standard InChI is InChI=1S/C10H14F3N3O/c11-10(12,13)6-16-9(17)14-8(15-16)5-7-3-1-2-4-7/h7H,1-6H2,(H,14,15,17). The molecule has 0 radical (unpaired) electrons. The Hall–Kier alpha value is -1.27. The summed E-state index contributed by atoms with van der Waals surface area (Å²) in [5.74, 6) is 0.811. The zero-order valence-electron chi connectivity index (χ0n) is 9.26. The SMILES string of the molecule is O=c1[nH]c(CC2CCCC2)nn1CC(F)(F)F. The van der Waals surface area contributed by atoms with Gasteiger partial charge in [-0.15, -0.1) is 0 Å². The molecule has 0 amide bonds. The maximum atomic E-state index is 12.1. The van der Waals surface area contributed by atoms with Crippen LogP contribution in [0.1, 0.15) is 31.5 Å². The van der Waals surface area contributed by atoms with Gasteiger partial charge in [0.15, 0.2) is 0 Å². The van der Waals surface area contributed by atoms with E-state index < -0.39 is 18.4 Å². The highest BCUT2D eigenvalue weighted by atomic mass is 19.4. The molecule has 0 bridgehead atoms. The van der Waals surface area contributed by atoms with E-state index in [-0.39, 0.29) is 0 Å². The number of hydrogen-bond donors (Lipinski definition) is 1. The normalized spacial score (nSPS) is 17.8. The Morgan fingerprint density at radius 2 is 2.00 bits per heavy atom. The minimum Gasteiger partial charge on any atom is -0.293 e. The first-order valence-electron chi connectivity index (χ1n) is 5.67. The van der Waals surface area contributed by atoms with Crippen molar-refractivity contribution in [2.45, 2.75) is 44.8 Å². The number of rotatable bonds is 3. The van der Waals surface area contributed by atoms with Gasteiger partial charge < -0.3 is 0 Å². The fourth-order valence-electron chi connectivity index (χ4n) is 2.26. The van der Waals surface area contributed by atoms with Gasteiger partial charge in [-0.25, -0.2) is 9.48 Å². The molecule has 0 unspecified atom stereocenters. The summed E-state index contributed by atoms with van der Waals surface area (Å²) in [7, 11) is 0. The molecule has 4 nitrogen and oxygen atoms in total. The molecule has 17 heavy (non-hydrogen) atoms. The average Bonchev–Trinajstić information content (AvgIpc) is 2.76. The summed E-state index contributed by atoms with van der Waals surface area (Å²) in [5, 5.41) is 3.69. The van der Waals surface area contributed by atoms with E-state index in [2.05, 4.69) is 10.1 Å². The molecule has 7 heteroatoms. The predicted octanol–water partition coefficient (Wildman–Crippen LogP) is 1.87. The highest BCUT2D eigenvalue weighted by molar-refractivity contribution is 4.87. The van der Waals surface area contributed by atoms with E-state index in [1.807, 2.05) is 0 Å². The zero-order valence-corrected chi connectivity index (χ0v) is 9.26. The Bertz CT molecular complexity index is 429. The van der Waals surface area contributed by atoms with Crippen molar-refractivity contribution in [3.05, 3.63) is 16.3 Å². The van der Waals surface area contributed by atoms with Crippen LogP contribution in [-0.4, -0.2) is 20.9 Å². The fourth-order valence-corrected chi connectivity index (χ4v) is 2.26. The number of H-pyrrole nitrogens is 1. The van der Waals surface area contributed by atoms with Gasteiger partial charge in [-0.1, -0.05) is 25.7 Å². The van der Waals surface area contributed by atoms with Gasteiger partial charge in [-0.05, 0) is 5.92 Å². The first-order chi connectivity index (χ1) is 7.94. The monoisotopic (exact) mass is 249 g/mol. The molecule has 0 saturated heterocycles. The predicted molar refractivity (Wildman–Crippen MR) is 54.6 cm³/mol. The van der Waals surface area contributed by atoms with Crippen molar-refractivity contribution in [3.63, 3.8) is 0 Å². The summed E-state index contributed by atoms with van der Waals surface area (Å²) in [6, 6.07) is 0. The quantitative estimate of drug-likeness (QED) is 0.889. The second-order valence-electron chi connectivity index (χ2n) is 4.50. The van der Waals surface area contributed by atoms with Crippen LogP contribution in [-0.2, 0) is 13.0 Å². The highest BCUT2D eigenvalue weighted by Crippen LogP contribution is 2.26. The van der Waals surface area contributed by atoms with Gasteiger partial charge in [0.2, 0.25) is 0 Å². The molecule has 1 aliphatic rings. The molecule has 96 valence electrons. The molecule has 0 aliphatic heterocycles. The van der Waals surface area contributed by atoms with Crippen molar-refractivity contribution in [1.29, 1.82) is 0 Å². The summed E-state index contributed by atoms with van der Waals surface area (Å²) < 4.78 is 36.8. The Morgan fingerprint density at radius 1 is 1.35 bits per heavy atom. The largest absolute Gasteiger partial charge is 0.408 e. The first kappa shape index (κ1) is 12.2. The number of hydrogen-bond acceptors (Lipinski definition) is 2. The molecule has 1 fully saturated rings. The summed E-state index contributed by atoms with van der Waals surface area (Å²) in [4.78, 5) is 13.6. The smallest absolute Gasteiger partial charge is 0.293 e. The van der Waals surface area contributed by atoms with E-state index in [0.29, 0.717) is 22.8 Å². The lowest BCUT2D eigenvalue weighted by molar-refractivity contribution is -0.143. The third-order valence-electron chi connectivity index (χ3n) is 3.01. The zero-order chi connectivity index (χ0) is 12.5. The lowest BCUT2D eigenvalue weighted by Crippen LogP contribution is -2.27. The van der Waals surface area contributed by atoms with Crippen molar-refractivity contribution >= 4 is 0 Å². The molecular formula is C10H14F3N3O. The Balaban J connectivity index is 2.05. The van der Waals surface area contributed by atoms with Gasteiger partial charge in [-0.2, -0.15) is 18.3 Å². The van der Waals surface area contributed by atoms with Crippen LogP contribution in [0.15, 0.2) is 4.79 Å². The lowest BCUT2D eigenvalue weighted by Gasteiger charge is -2.05. The van der Waals surface area contributed by atoms with Gasteiger partial charge in [-0.3, -0.25) is 4.98 Å². The maximum Gasteiger partial charge on any atom is 0.408 e. The number of nitrogens with one attached hydrogen (secondary N) is 1. The Morgan fingerprint density at radius 3 is 2.59 bits per heavy atom. The van der Waals surface area contributed by atoms with E-state index >= 15 is 0 Å². The van der Waals surface area contributed by atoms with Gasteiger partial charge in [0.05, 0.1) is 0 Å². The van der Waals surface area contributed by atoms with E-state index in [4.69, 9.17) is 0 Å². The minimum atomic E-state index is -4.41. The molecule has 2 rings (SSSR count). The molecule has 1 aromatic rings. The van der Waals surface area contributed by atoms with Gasteiger partial charge >= 0.3 is 11.9 Å². The summed E-state index contributed by atoms with van der Waals surface area (Å²) >= 11 is 0. The maximum absolute atomic E-state index is 12.1. The third kappa shape index (κ3) is 3.34. The second-order valence-corrected chi connectivity index (χ2v) is 4.50. The highest BCUT2D eigenvalue weighted by Gasteiger charge is 2.30. The van der Waals surface area contributed by atoms with Crippen molar-refractivity contribution in [3.8, 4) is 0 Å². The summed E-state index contributed by atoms with van der Waals surface area (Å²) in [5.41, 5.74) is -0.782. The molecule has 0 spiro atoms. The number of aromatic amines is 1. The molecule has 1 N–H and O–H groups in total. The lowest BCUT2D eigenvalue weighted by atomic mass is 10.0. The van der Waals surface area contributed by atoms with Crippen molar-refractivity contribution < 1.29 is 13.2 Å². The fraction of sp³-hybridized carbons (Fsp3) is 0.800. The number of alkyl halides is 3. The van der Waals surface area contributed by atoms with E-state index in [1.54, 1.807) is 0 Å². The average molecular weight is 249 g/mol.